The van der Waals surface area contributed by atoms with E-state index >= 15 is 0 Å². The molecule has 25 heavy (non-hydrogen) atoms. The van der Waals surface area contributed by atoms with E-state index in [-0.39, 0.29) is 6.10 Å². The first-order chi connectivity index (χ1) is 11.5. The lowest BCUT2D eigenvalue weighted by atomic mass is 10.00. The van der Waals surface area contributed by atoms with Crippen molar-refractivity contribution in [2.24, 2.45) is 0 Å². The first-order valence-corrected chi connectivity index (χ1v) is 19.8. The standard InChI is InChI=1S/C18H41ClO3Si3/c1-23(2,3)21-25(19,22-24(4,5)6)20-18-16-14-12-10-8-7-9-11-13-15-17-18/h18H,7-17H2,1-6H3. The molecule has 0 bridgehead atoms. The van der Waals surface area contributed by atoms with Crippen LogP contribution in [0.3, 0.4) is 0 Å². The molecule has 7 heteroatoms. The fraction of sp³-hybridized carbons (Fsp3) is 1.00. The number of halogens is 1. The third-order valence-electron chi connectivity index (χ3n) is 4.22. The van der Waals surface area contributed by atoms with Crippen molar-refractivity contribution in [3.8, 4) is 0 Å². The van der Waals surface area contributed by atoms with E-state index in [1.807, 2.05) is 0 Å². The maximum absolute atomic E-state index is 6.91. The van der Waals surface area contributed by atoms with E-state index in [9.17, 15) is 0 Å². The maximum atomic E-state index is 6.91. The fourth-order valence-corrected chi connectivity index (χ4v) is 15.2. The van der Waals surface area contributed by atoms with E-state index in [1.54, 1.807) is 0 Å². The maximum Gasteiger partial charge on any atom is 0.592 e. The highest BCUT2D eigenvalue weighted by Gasteiger charge is 2.48. The molecule has 0 heterocycles. The molecule has 1 aliphatic carbocycles. The van der Waals surface area contributed by atoms with E-state index in [4.69, 9.17) is 23.7 Å². The molecule has 0 saturated heterocycles. The van der Waals surface area contributed by atoms with Crippen LogP contribution < -0.4 is 0 Å². The van der Waals surface area contributed by atoms with Crippen molar-refractivity contribution in [1.82, 2.24) is 0 Å². The van der Waals surface area contributed by atoms with Gasteiger partial charge in [0, 0.05) is 0 Å². The van der Waals surface area contributed by atoms with Crippen molar-refractivity contribution in [1.29, 1.82) is 0 Å². The van der Waals surface area contributed by atoms with Crippen molar-refractivity contribution < 1.29 is 12.7 Å². The van der Waals surface area contributed by atoms with Crippen LogP contribution in [0.4, 0.5) is 0 Å². The smallest absolute Gasteiger partial charge is 0.405 e. The van der Waals surface area contributed by atoms with Crippen LogP contribution in [-0.4, -0.2) is 30.9 Å². The average molecular weight is 425 g/mol. The SMILES string of the molecule is C[Si](C)(C)O[Si](Cl)(OC1CCCCCCCCCCC1)O[Si](C)(C)C. The minimum atomic E-state index is -3.10. The summed E-state index contributed by atoms with van der Waals surface area (Å²) < 4.78 is 19.1. The molecule has 1 aliphatic rings. The number of hydrogen-bond acceptors (Lipinski definition) is 3. The van der Waals surface area contributed by atoms with Crippen LogP contribution in [0.1, 0.15) is 70.6 Å². The zero-order valence-corrected chi connectivity index (χ0v) is 21.2. The molecule has 1 rings (SSSR count). The third-order valence-corrected chi connectivity index (χ3v) is 13.3. The van der Waals surface area contributed by atoms with Crippen molar-refractivity contribution in [2.75, 3.05) is 0 Å². The first kappa shape index (κ1) is 23.9. The lowest BCUT2D eigenvalue weighted by molar-refractivity contribution is 0.0989. The molecule has 0 radical (unpaired) electrons. The molecular formula is C18H41ClO3Si3. The Morgan fingerprint density at radius 1 is 0.600 bits per heavy atom. The average Bonchev–Trinajstić information content (AvgIpc) is 2.37. The Bertz CT molecular complexity index is 342. The summed E-state index contributed by atoms with van der Waals surface area (Å²) in [6.45, 7) is 13.0. The van der Waals surface area contributed by atoms with Gasteiger partial charge in [-0.1, -0.05) is 68.9 Å². The summed E-state index contributed by atoms with van der Waals surface area (Å²) in [6.07, 6.45) is 14.3. The van der Waals surface area contributed by atoms with Crippen molar-refractivity contribution in [2.45, 2.75) is 116 Å². The third kappa shape index (κ3) is 12.8. The van der Waals surface area contributed by atoms with Gasteiger partial charge in [0.2, 0.25) is 0 Å². The molecule has 0 aliphatic heterocycles. The second-order valence-corrected chi connectivity index (χ2v) is 22.1. The summed E-state index contributed by atoms with van der Waals surface area (Å²) in [4.78, 5) is 0. The van der Waals surface area contributed by atoms with E-state index in [0.29, 0.717) is 0 Å². The Balaban J connectivity index is 2.74. The zero-order chi connectivity index (χ0) is 19.0. The van der Waals surface area contributed by atoms with Crippen LogP contribution in [0.5, 0.6) is 0 Å². The second-order valence-electron chi connectivity index (χ2n) is 9.41. The molecule has 0 aromatic heterocycles. The number of rotatable bonds is 6. The lowest BCUT2D eigenvalue weighted by Gasteiger charge is -2.37. The predicted octanol–water partition coefficient (Wildman–Crippen LogP) is 7.05. The van der Waals surface area contributed by atoms with Gasteiger partial charge in [-0.2, -0.15) is 0 Å². The molecule has 0 atom stereocenters. The normalized spacial score (nSPS) is 20.8. The largest absolute Gasteiger partial charge is 0.592 e. The van der Waals surface area contributed by atoms with Crippen LogP contribution in [0.25, 0.3) is 0 Å². The molecular weight excluding hydrogens is 384 g/mol. The zero-order valence-electron chi connectivity index (χ0n) is 17.5. The van der Waals surface area contributed by atoms with Gasteiger partial charge in [0.1, 0.15) is 0 Å². The van der Waals surface area contributed by atoms with E-state index < -0.39 is 24.7 Å². The molecule has 0 spiro atoms. The van der Waals surface area contributed by atoms with Gasteiger partial charge in [-0.25, -0.2) is 0 Å². The summed E-state index contributed by atoms with van der Waals surface area (Å²) in [7, 11) is -6.76. The van der Waals surface area contributed by atoms with Gasteiger partial charge in [0.25, 0.3) is 0 Å². The molecule has 0 amide bonds. The minimum absolute atomic E-state index is 0.191. The van der Waals surface area contributed by atoms with Crippen LogP contribution in [0, 0.1) is 0 Å². The first-order valence-electron chi connectivity index (χ1n) is 10.3. The van der Waals surface area contributed by atoms with E-state index in [0.717, 1.165) is 12.8 Å². The quantitative estimate of drug-likeness (QED) is 0.337. The highest BCUT2D eigenvalue weighted by Crippen LogP contribution is 2.29. The summed E-state index contributed by atoms with van der Waals surface area (Å²) in [5.74, 6) is 0. The van der Waals surface area contributed by atoms with Crippen molar-refractivity contribution >= 4 is 35.8 Å². The van der Waals surface area contributed by atoms with Crippen molar-refractivity contribution in [3.63, 3.8) is 0 Å². The summed E-state index contributed by atoms with van der Waals surface area (Å²) in [5.41, 5.74) is 0. The summed E-state index contributed by atoms with van der Waals surface area (Å²) in [6, 6.07) is 0. The molecule has 1 saturated carbocycles. The molecule has 1 fully saturated rings. The van der Waals surface area contributed by atoms with Gasteiger partial charge >= 0.3 is 8.11 Å². The van der Waals surface area contributed by atoms with Gasteiger partial charge in [-0.15, -0.1) is 0 Å². The van der Waals surface area contributed by atoms with Crippen LogP contribution in [-0.2, 0) is 12.7 Å². The monoisotopic (exact) mass is 424 g/mol. The Labute approximate surface area is 164 Å². The molecule has 0 aromatic rings. The van der Waals surface area contributed by atoms with Gasteiger partial charge in [-0.05, 0) is 52.1 Å². The van der Waals surface area contributed by atoms with Crippen LogP contribution in [0.15, 0.2) is 0 Å². The van der Waals surface area contributed by atoms with Gasteiger partial charge in [0.05, 0.1) is 6.10 Å². The predicted molar refractivity (Wildman–Crippen MR) is 116 cm³/mol. The molecule has 0 unspecified atom stereocenters. The van der Waals surface area contributed by atoms with Crippen LogP contribution in [0.2, 0.25) is 39.3 Å². The van der Waals surface area contributed by atoms with Gasteiger partial charge in [0.15, 0.2) is 16.6 Å². The lowest BCUT2D eigenvalue weighted by Crippen LogP contribution is -2.54. The molecule has 150 valence electrons. The molecule has 3 nitrogen and oxygen atoms in total. The molecule has 0 N–H and O–H groups in total. The highest BCUT2D eigenvalue weighted by molar-refractivity contribution is 7.14. The number of hydrogen-bond donors (Lipinski definition) is 0. The highest BCUT2D eigenvalue weighted by atomic mass is 35.6. The van der Waals surface area contributed by atoms with Crippen molar-refractivity contribution in [3.05, 3.63) is 0 Å². The van der Waals surface area contributed by atoms with E-state index in [1.165, 1.54) is 57.8 Å². The second kappa shape index (κ2) is 11.0. The Morgan fingerprint density at radius 2 is 0.920 bits per heavy atom. The topological polar surface area (TPSA) is 27.7 Å². The van der Waals surface area contributed by atoms with E-state index in [2.05, 4.69) is 39.3 Å². The van der Waals surface area contributed by atoms with Crippen LogP contribution >= 0.6 is 11.1 Å². The molecule has 0 aromatic carbocycles. The van der Waals surface area contributed by atoms with Gasteiger partial charge in [-0.3, -0.25) is 0 Å². The summed E-state index contributed by atoms with van der Waals surface area (Å²) >= 11 is 6.91. The Kier molecular flexibility index (Phi) is 10.5. The Morgan fingerprint density at radius 3 is 1.24 bits per heavy atom. The summed E-state index contributed by atoms with van der Waals surface area (Å²) in [5, 5.41) is 0. The van der Waals surface area contributed by atoms with Gasteiger partial charge < -0.3 is 12.7 Å². The minimum Gasteiger partial charge on any atom is -0.405 e. The Hall–Kier alpha value is 0.821. The fourth-order valence-electron chi connectivity index (χ4n) is 3.24.